The first-order valence-electron chi connectivity index (χ1n) is 5.47. The van der Waals surface area contributed by atoms with Crippen molar-refractivity contribution < 1.29 is 19.1 Å². The van der Waals surface area contributed by atoms with E-state index in [2.05, 4.69) is 0 Å². The summed E-state index contributed by atoms with van der Waals surface area (Å²) in [5, 5.41) is 0. The summed E-state index contributed by atoms with van der Waals surface area (Å²) in [6.45, 7) is 3.63. The lowest BCUT2D eigenvalue weighted by Gasteiger charge is -2.08. The molecule has 0 heterocycles. The third-order valence-corrected chi connectivity index (χ3v) is 1.90. The Kier molecular flexibility index (Phi) is 5.20. The second-order valence-electron chi connectivity index (χ2n) is 3.86. The van der Waals surface area contributed by atoms with Gasteiger partial charge in [0.2, 0.25) is 0 Å². The van der Waals surface area contributed by atoms with Crippen LogP contribution in [0.25, 0.3) is 0 Å². The van der Waals surface area contributed by atoms with Gasteiger partial charge in [0.25, 0.3) is 0 Å². The van der Waals surface area contributed by atoms with Gasteiger partial charge < -0.3 is 9.47 Å². The average molecular weight is 236 g/mol. The number of carbonyl (C=O) groups excluding carboxylic acids is 2. The zero-order chi connectivity index (χ0) is 12.7. The number of rotatable bonds is 5. The molecule has 4 heteroatoms. The molecule has 0 atom stereocenters. The van der Waals surface area contributed by atoms with E-state index in [0.717, 1.165) is 5.56 Å². The summed E-state index contributed by atoms with van der Waals surface area (Å²) in [5.41, 5.74) is 0.887. The Bertz CT molecular complexity index is 370. The smallest absolute Gasteiger partial charge is 0.317 e. The molecule has 0 aliphatic rings. The topological polar surface area (TPSA) is 52.6 Å². The molecule has 0 aromatic heterocycles. The van der Waals surface area contributed by atoms with Gasteiger partial charge in [-0.25, -0.2) is 0 Å². The maximum Gasteiger partial charge on any atom is 0.317 e. The monoisotopic (exact) mass is 236 g/mol. The third-order valence-electron chi connectivity index (χ3n) is 1.90. The van der Waals surface area contributed by atoms with Crippen LogP contribution in [0.4, 0.5) is 0 Å². The predicted molar refractivity (Wildman–Crippen MR) is 62.1 cm³/mol. The first kappa shape index (κ1) is 13.2. The average Bonchev–Trinajstić information content (AvgIpc) is 2.26. The van der Waals surface area contributed by atoms with E-state index in [0.29, 0.717) is 0 Å². The SMILES string of the molecule is CC(C)OC(=O)CC(=O)OCc1ccccc1. The van der Waals surface area contributed by atoms with Crippen molar-refractivity contribution >= 4 is 11.9 Å². The largest absolute Gasteiger partial charge is 0.463 e. The van der Waals surface area contributed by atoms with E-state index in [1.54, 1.807) is 13.8 Å². The van der Waals surface area contributed by atoms with Crippen LogP contribution in [-0.4, -0.2) is 18.0 Å². The molecule has 0 fully saturated rings. The molecule has 0 saturated carbocycles. The minimum absolute atomic E-state index is 0.175. The summed E-state index contributed by atoms with van der Waals surface area (Å²) in [6, 6.07) is 9.29. The van der Waals surface area contributed by atoms with E-state index in [4.69, 9.17) is 9.47 Å². The normalized spacial score (nSPS) is 10.1. The van der Waals surface area contributed by atoms with Crippen molar-refractivity contribution in [1.29, 1.82) is 0 Å². The van der Waals surface area contributed by atoms with Crippen molar-refractivity contribution in [1.82, 2.24) is 0 Å². The Morgan fingerprint density at radius 3 is 2.35 bits per heavy atom. The Morgan fingerprint density at radius 2 is 1.76 bits per heavy atom. The van der Waals surface area contributed by atoms with Crippen LogP contribution in [0.2, 0.25) is 0 Å². The predicted octanol–water partition coefficient (Wildman–Crippen LogP) is 2.07. The van der Waals surface area contributed by atoms with Gasteiger partial charge >= 0.3 is 11.9 Å². The standard InChI is InChI=1S/C13H16O4/c1-10(2)17-13(15)8-12(14)16-9-11-6-4-3-5-7-11/h3-7,10H,8-9H2,1-2H3. The van der Waals surface area contributed by atoms with E-state index in [9.17, 15) is 9.59 Å². The van der Waals surface area contributed by atoms with E-state index < -0.39 is 11.9 Å². The quantitative estimate of drug-likeness (QED) is 0.580. The van der Waals surface area contributed by atoms with Gasteiger partial charge in [-0.15, -0.1) is 0 Å². The minimum Gasteiger partial charge on any atom is -0.463 e. The zero-order valence-corrected chi connectivity index (χ0v) is 10.0. The van der Waals surface area contributed by atoms with Crippen LogP contribution in [0.5, 0.6) is 0 Å². The number of ether oxygens (including phenoxy) is 2. The highest BCUT2D eigenvalue weighted by molar-refractivity contribution is 5.91. The van der Waals surface area contributed by atoms with E-state index in [-0.39, 0.29) is 19.1 Å². The number of esters is 2. The van der Waals surface area contributed by atoms with Gasteiger partial charge in [-0.2, -0.15) is 0 Å². The highest BCUT2D eigenvalue weighted by Gasteiger charge is 2.13. The fraction of sp³-hybridized carbons (Fsp3) is 0.385. The molecule has 0 spiro atoms. The van der Waals surface area contributed by atoms with Crippen molar-refractivity contribution in [2.75, 3.05) is 0 Å². The molecule has 0 bridgehead atoms. The lowest BCUT2D eigenvalue weighted by Crippen LogP contribution is -2.17. The minimum atomic E-state index is -0.570. The van der Waals surface area contributed by atoms with Gasteiger partial charge in [0.05, 0.1) is 6.10 Å². The maximum atomic E-state index is 11.3. The van der Waals surface area contributed by atoms with Crippen LogP contribution in [0.3, 0.4) is 0 Å². The van der Waals surface area contributed by atoms with Crippen LogP contribution in [-0.2, 0) is 25.7 Å². The van der Waals surface area contributed by atoms with Crippen molar-refractivity contribution in [2.45, 2.75) is 33.0 Å². The van der Waals surface area contributed by atoms with Gasteiger partial charge in [-0.05, 0) is 19.4 Å². The molecular weight excluding hydrogens is 220 g/mol. The van der Waals surface area contributed by atoms with Crippen LogP contribution in [0, 0.1) is 0 Å². The van der Waals surface area contributed by atoms with Crippen molar-refractivity contribution in [3.8, 4) is 0 Å². The van der Waals surface area contributed by atoms with Gasteiger partial charge in [0.1, 0.15) is 13.0 Å². The molecule has 92 valence electrons. The molecule has 1 rings (SSSR count). The molecule has 0 radical (unpaired) electrons. The molecule has 0 N–H and O–H groups in total. The number of hydrogen-bond donors (Lipinski definition) is 0. The highest BCUT2D eigenvalue weighted by Crippen LogP contribution is 2.02. The molecule has 4 nitrogen and oxygen atoms in total. The summed E-state index contributed by atoms with van der Waals surface area (Å²) in [5.74, 6) is -1.13. The van der Waals surface area contributed by atoms with Crippen LogP contribution in [0.1, 0.15) is 25.8 Å². The van der Waals surface area contributed by atoms with Crippen molar-refractivity contribution in [3.05, 3.63) is 35.9 Å². The molecule has 17 heavy (non-hydrogen) atoms. The lowest BCUT2D eigenvalue weighted by atomic mass is 10.2. The Labute approximate surface area is 101 Å². The fourth-order valence-electron chi connectivity index (χ4n) is 1.21. The first-order valence-corrected chi connectivity index (χ1v) is 5.47. The summed E-state index contributed by atoms with van der Waals surface area (Å²) >= 11 is 0. The highest BCUT2D eigenvalue weighted by atomic mass is 16.6. The number of hydrogen-bond acceptors (Lipinski definition) is 4. The molecule has 1 aromatic rings. The summed E-state index contributed by atoms with van der Waals surface area (Å²) in [6.07, 6.45) is -0.560. The van der Waals surface area contributed by atoms with Crippen molar-refractivity contribution in [2.24, 2.45) is 0 Å². The van der Waals surface area contributed by atoms with Crippen LogP contribution in [0.15, 0.2) is 30.3 Å². The summed E-state index contributed by atoms with van der Waals surface area (Å²) in [4.78, 5) is 22.4. The molecule has 0 amide bonds. The van der Waals surface area contributed by atoms with Gasteiger partial charge in [-0.1, -0.05) is 30.3 Å². The van der Waals surface area contributed by atoms with Crippen molar-refractivity contribution in [3.63, 3.8) is 0 Å². The zero-order valence-electron chi connectivity index (χ0n) is 10.0. The second kappa shape index (κ2) is 6.68. The van der Waals surface area contributed by atoms with Gasteiger partial charge in [0, 0.05) is 0 Å². The fourth-order valence-corrected chi connectivity index (χ4v) is 1.21. The van der Waals surface area contributed by atoms with E-state index in [1.807, 2.05) is 30.3 Å². The molecule has 0 saturated heterocycles. The Balaban J connectivity index is 2.28. The van der Waals surface area contributed by atoms with Crippen LogP contribution >= 0.6 is 0 Å². The lowest BCUT2D eigenvalue weighted by molar-refractivity contribution is -0.157. The molecule has 0 unspecified atom stereocenters. The molecule has 0 aliphatic heterocycles. The maximum absolute atomic E-state index is 11.3. The van der Waals surface area contributed by atoms with E-state index in [1.165, 1.54) is 0 Å². The van der Waals surface area contributed by atoms with Gasteiger partial charge in [-0.3, -0.25) is 9.59 Å². The van der Waals surface area contributed by atoms with Gasteiger partial charge in [0.15, 0.2) is 0 Å². The number of carbonyl (C=O) groups is 2. The first-order chi connectivity index (χ1) is 8.08. The number of benzene rings is 1. The second-order valence-corrected chi connectivity index (χ2v) is 3.86. The molecule has 1 aromatic carbocycles. The summed E-state index contributed by atoms with van der Waals surface area (Å²) in [7, 11) is 0. The summed E-state index contributed by atoms with van der Waals surface area (Å²) < 4.78 is 9.77. The molecular formula is C13H16O4. The van der Waals surface area contributed by atoms with Crippen LogP contribution < -0.4 is 0 Å². The molecule has 0 aliphatic carbocycles. The Morgan fingerprint density at radius 1 is 1.12 bits per heavy atom. The third kappa shape index (κ3) is 5.70. The van der Waals surface area contributed by atoms with E-state index >= 15 is 0 Å². The Hall–Kier alpha value is -1.84.